The number of nitrogens with zero attached hydrogens (tertiary/aromatic N) is 6. The van der Waals surface area contributed by atoms with Crippen molar-refractivity contribution in [2.75, 3.05) is 37.4 Å². The number of hydrogen-bond donors (Lipinski definition) is 1. The van der Waals surface area contributed by atoms with Crippen LogP contribution in [0.1, 0.15) is 22.9 Å². The van der Waals surface area contributed by atoms with E-state index < -0.39 is 0 Å². The van der Waals surface area contributed by atoms with Crippen molar-refractivity contribution in [2.45, 2.75) is 32.4 Å². The molecular weight excluding hydrogens is 310 g/mol. The minimum Gasteiger partial charge on any atom is -0.367 e. The number of anilines is 2. The van der Waals surface area contributed by atoms with Crippen molar-refractivity contribution in [1.29, 1.82) is 0 Å². The van der Waals surface area contributed by atoms with Crippen LogP contribution in [-0.4, -0.2) is 58.3 Å². The highest BCUT2D eigenvalue weighted by Crippen LogP contribution is 2.19. The summed E-state index contributed by atoms with van der Waals surface area (Å²) in [4.78, 5) is 13.0. The Kier molecular flexibility index (Phi) is 5.02. The first-order valence-electron chi connectivity index (χ1n) is 7.87. The summed E-state index contributed by atoms with van der Waals surface area (Å²) >= 11 is 1.69. The van der Waals surface area contributed by atoms with Crippen LogP contribution in [0.3, 0.4) is 0 Å². The quantitative estimate of drug-likeness (QED) is 0.894. The van der Waals surface area contributed by atoms with Gasteiger partial charge in [0.25, 0.3) is 0 Å². The van der Waals surface area contributed by atoms with Crippen LogP contribution in [0.2, 0.25) is 0 Å². The van der Waals surface area contributed by atoms with Crippen LogP contribution in [0.5, 0.6) is 0 Å². The number of piperidine rings is 1. The summed E-state index contributed by atoms with van der Waals surface area (Å²) in [6.45, 7) is 5.06. The van der Waals surface area contributed by atoms with Gasteiger partial charge >= 0.3 is 0 Å². The lowest BCUT2D eigenvalue weighted by Crippen LogP contribution is -2.38. The first-order valence-corrected chi connectivity index (χ1v) is 8.69. The van der Waals surface area contributed by atoms with E-state index in [-0.39, 0.29) is 0 Å². The van der Waals surface area contributed by atoms with Crippen LogP contribution in [-0.2, 0) is 6.54 Å². The molecule has 1 aliphatic rings. The molecule has 1 saturated heterocycles. The van der Waals surface area contributed by atoms with E-state index in [4.69, 9.17) is 0 Å². The Morgan fingerprint density at radius 2 is 2.04 bits per heavy atom. The van der Waals surface area contributed by atoms with E-state index in [1.54, 1.807) is 17.7 Å². The highest BCUT2D eigenvalue weighted by atomic mass is 32.1. The van der Waals surface area contributed by atoms with Gasteiger partial charge in [-0.1, -0.05) is 0 Å². The Balaban J connectivity index is 1.50. The molecule has 2 aromatic heterocycles. The van der Waals surface area contributed by atoms with Crippen molar-refractivity contribution in [3.05, 3.63) is 22.4 Å². The average Bonchev–Trinajstić information content (AvgIpc) is 2.94. The largest absolute Gasteiger partial charge is 0.367 e. The molecule has 8 heteroatoms. The zero-order valence-electron chi connectivity index (χ0n) is 13.9. The third-order valence-electron chi connectivity index (χ3n) is 3.98. The Hall–Kier alpha value is -1.80. The Morgan fingerprint density at radius 3 is 2.70 bits per heavy atom. The van der Waals surface area contributed by atoms with Crippen LogP contribution < -0.4 is 10.2 Å². The Labute approximate surface area is 140 Å². The van der Waals surface area contributed by atoms with Gasteiger partial charge in [0.05, 0.1) is 6.54 Å². The predicted molar refractivity (Wildman–Crippen MR) is 92.9 cm³/mol. The van der Waals surface area contributed by atoms with E-state index in [1.165, 1.54) is 0 Å². The van der Waals surface area contributed by atoms with E-state index in [9.17, 15) is 0 Å². The summed E-state index contributed by atoms with van der Waals surface area (Å²) in [6.07, 6.45) is 3.84. The first kappa shape index (κ1) is 16.1. The van der Waals surface area contributed by atoms with Crippen molar-refractivity contribution in [3.63, 3.8) is 0 Å². The molecule has 0 amide bonds. The Bertz CT molecular complexity index is 634. The molecule has 0 aromatic carbocycles. The average molecular weight is 333 g/mol. The second-order valence-corrected chi connectivity index (χ2v) is 7.33. The van der Waals surface area contributed by atoms with Crippen LogP contribution in [0, 0.1) is 6.92 Å². The minimum atomic E-state index is 0.465. The third kappa shape index (κ3) is 4.35. The molecule has 3 rings (SSSR count). The fourth-order valence-electron chi connectivity index (χ4n) is 2.71. The summed E-state index contributed by atoms with van der Waals surface area (Å²) in [5.41, 5.74) is 0. The first-order chi connectivity index (χ1) is 11.1. The van der Waals surface area contributed by atoms with Gasteiger partial charge in [-0.05, 0) is 19.8 Å². The van der Waals surface area contributed by atoms with Gasteiger partial charge in [0.2, 0.25) is 0 Å². The maximum atomic E-state index is 4.33. The highest BCUT2D eigenvalue weighted by Gasteiger charge is 2.20. The normalized spacial score (nSPS) is 16.5. The molecule has 7 nitrogen and oxygen atoms in total. The van der Waals surface area contributed by atoms with Gasteiger partial charge in [-0.25, -0.2) is 9.97 Å². The van der Waals surface area contributed by atoms with Gasteiger partial charge in [0, 0.05) is 39.3 Å². The highest BCUT2D eigenvalue weighted by molar-refractivity contribution is 7.11. The molecule has 1 fully saturated rings. The predicted octanol–water partition coefficient (Wildman–Crippen LogP) is 1.78. The van der Waals surface area contributed by atoms with Gasteiger partial charge < -0.3 is 10.2 Å². The molecular formula is C15H23N7S. The van der Waals surface area contributed by atoms with Crippen LogP contribution in [0.25, 0.3) is 0 Å². The van der Waals surface area contributed by atoms with Crippen molar-refractivity contribution in [2.24, 2.45) is 0 Å². The van der Waals surface area contributed by atoms with E-state index in [0.717, 1.165) is 54.1 Å². The fraction of sp³-hybridized carbons (Fsp3) is 0.600. The summed E-state index contributed by atoms with van der Waals surface area (Å²) in [7, 11) is 3.97. The molecule has 1 aliphatic heterocycles. The van der Waals surface area contributed by atoms with Gasteiger partial charge in [-0.2, -0.15) is 0 Å². The van der Waals surface area contributed by atoms with E-state index in [0.29, 0.717) is 6.04 Å². The third-order valence-corrected chi connectivity index (χ3v) is 4.80. The molecule has 0 unspecified atom stereocenters. The van der Waals surface area contributed by atoms with E-state index in [2.05, 4.69) is 30.4 Å². The van der Waals surface area contributed by atoms with E-state index >= 15 is 0 Å². The van der Waals surface area contributed by atoms with Gasteiger partial charge in [0.15, 0.2) is 0 Å². The molecule has 0 radical (unpaired) electrons. The molecule has 1 N–H and O–H groups in total. The van der Waals surface area contributed by atoms with Crippen molar-refractivity contribution < 1.29 is 0 Å². The zero-order valence-corrected chi connectivity index (χ0v) is 14.7. The summed E-state index contributed by atoms with van der Waals surface area (Å²) < 4.78 is 0. The molecule has 3 heterocycles. The molecule has 0 bridgehead atoms. The standard InChI is InChI=1S/C15H23N7S/c1-11-19-20-15(23-11)9-22-6-4-12(5-7-22)18-13-8-14(21(2)3)17-10-16-13/h8,10,12H,4-7,9H2,1-3H3,(H,16,17,18). The number of likely N-dealkylation sites (tertiary alicyclic amines) is 1. The summed E-state index contributed by atoms with van der Waals surface area (Å²) in [5, 5.41) is 14.0. The fourth-order valence-corrected chi connectivity index (χ4v) is 3.46. The summed E-state index contributed by atoms with van der Waals surface area (Å²) in [5.74, 6) is 1.83. The van der Waals surface area contributed by atoms with Crippen LogP contribution in [0.4, 0.5) is 11.6 Å². The van der Waals surface area contributed by atoms with Crippen molar-refractivity contribution in [1.82, 2.24) is 25.1 Å². The number of aryl methyl sites for hydroxylation is 1. The lowest BCUT2D eigenvalue weighted by atomic mass is 10.1. The molecule has 124 valence electrons. The number of hydrogen-bond acceptors (Lipinski definition) is 8. The summed E-state index contributed by atoms with van der Waals surface area (Å²) in [6, 6.07) is 2.46. The molecule has 0 saturated carbocycles. The number of rotatable bonds is 5. The number of nitrogens with one attached hydrogen (secondary N) is 1. The van der Waals surface area contributed by atoms with Crippen molar-refractivity contribution in [3.8, 4) is 0 Å². The second-order valence-electron chi connectivity index (χ2n) is 6.07. The second kappa shape index (κ2) is 7.18. The smallest absolute Gasteiger partial charge is 0.133 e. The zero-order chi connectivity index (χ0) is 16.2. The molecule has 2 aromatic rings. The van der Waals surface area contributed by atoms with Crippen LogP contribution in [0.15, 0.2) is 12.4 Å². The van der Waals surface area contributed by atoms with Crippen molar-refractivity contribution >= 4 is 23.0 Å². The number of aromatic nitrogens is 4. The molecule has 0 atom stereocenters. The molecule has 0 aliphatic carbocycles. The maximum Gasteiger partial charge on any atom is 0.133 e. The monoisotopic (exact) mass is 333 g/mol. The SMILES string of the molecule is Cc1nnc(CN2CCC(Nc3cc(N(C)C)ncn3)CC2)s1. The van der Waals surface area contributed by atoms with Gasteiger partial charge in [-0.3, -0.25) is 4.90 Å². The lowest BCUT2D eigenvalue weighted by Gasteiger charge is -2.32. The van der Waals surface area contributed by atoms with E-state index in [1.807, 2.05) is 32.0 Å². The molecule has 23 heavy (non-hydrogen) atoms. The minimum absolute atomic E-state index is 0.465. The Morgan fingerprint density at radius 1 is 1.26 bits per heavy atom. The topological polar surface area (TPSA) is 70.1 Å². The van der Waals surface area contributed by atoms with Gasteiger partial charge in [0.1, 0.15) is 28.0 Å². The molecule has 0 spiro atoms. The lowest BCUT2D eigenvalue weighted by molar-refractivity contribution is 0.210. The van der Waals surface area contributed by atoms with Gasteiger partial charge in [-0.15, -0.1) is 21.5 Å². The van der Waals surface area contributed by atoms with Crippen LogP contribution >= 0.6 is 11.3 Å². The maximum absolute atomic E-state index is 4.33.